The fourth-order valence-electron chi connectivity index (χ4n) is 2.57. The van der Waals surface area contributed by atoms with Crippen LogP contribution in [0.25, 0.3) is 4.96 Å². The van der Waals surface area contributed by atoms with Gasteiger partial charge in [0.2, 0.25) is 5.91 Å². The SMILES string of the molecule is CCC1C(=O)NCCN1c1nc2sccn2c1CO. The van der Waals surface area contributed by atoms with Gasteiger partial charge in [-0.2, -0.15) is 0 Å². The molecule has 1 unspecified atom stereocenters. The number of aliphatic hydroxyl groups excluding tert-OH is 1. The molecule has 7 heteroatoms. The van der Waals surface area contributed by atoms with Crippen LogP contribution in [0, 0.1) is 0 Å². The molecule has 0 radical (unpaired) electrons. The Morgan fingerprint density at radius 3 is 3.21 bits per heavy atom. The highest BCUT2D eigenvalue weighted by Crippen LogP contribution is 2.27. The third kappa shape index (κ3) is 1.89. The van der Waals surface area contributed by atoms with Crippen LogP contribution in [0.2, 0.25) is 0 Å². The molecule has 6 nitrogen and oxygen atoms in total. The zero-order valence-electron chi connectivity index (χ0n) is 10.7. The summed E-state index contributed by atoms with van der Waals surface area (Å²) in [5.74, 6) is 0.769. The Balaban J connectivity index is 2.06. The summed E-state index contributed by atoms with van der Waals surface area (Å²) in [6.07, 6.45) is 2.62. The number of carbonyl (C=O) groups excluding carboxylic acids is 1. The first-order chi connectivity index (χ1) is 9.26. The molecule has 3 rings (SSSR count). The van der Waals surface area contributed by atoms with E-state index in [-0.39, 0.29) is 18.6 Å². The predicted octanol–water partition coefficient (Wildman–Crippen LogP) is 0.603. The van der Waals surface area contributed by atoms with Crippen molar-refractivity contribution >= 4 is 28.0 Å². The highest BCUT2D eigenvalue weighted by Gasteiger charge is 2.31. The zero-order valence-corrected chi connectivity index (χ0v) is 11.5. The number of fused-ring (bicyclic) bond motifs is 1. The topological polar surface area (TPSA) is 69.9 Å². The van der Waals surface area contributed by atoms with E-state index in [9.17, 15) is 9.90 Å². The van der Waals surface area contributed by atoms with Crippen molar-refractivity contribution < 1.29 is 9.90 Å². The second-order valence-electron chi connectivity index (χ2n) is 4.50. The number of anilines is 1. The molecule has 0 aromatic carbocycles. The molecule has 102 valence electrons. The Morgan fingerprint density at radius 1 is 1.63 bits per heavy atom. The van der Waals surface area contributed by atoms with Crippen molar-refractivity contribution in [2.24, 2.45) is 0 Å². The van der Waals surface area contributed by atoms with E-state index >= 15 is 0 Å². The van der Waals surface area contributed by atoms with Crippen LogP contribution in [0.3, 0.4) is 0 Å². The average molecular weight is 280 g/mol. The van der Waals surface area contributed by atoms with Gasteiger partial charge in [0.1, 0.15) is 6.04 Å². The van der Waals surface area contributed by atoms with Crippen molar-refractivity contribution in [2.75, 3.05) is 18.0 Å². The summed E-state index contributed by atoms with van der Waals surface area (Å²) in [5, 5.41) is 14.4. The maximum absolute atomic E-state index is 11.9. The summed E-state index contributed by atoms with van der Waals surface area (Å²) in [5.41, 5.74) is 0.754. The van der Waals surface area contributed by atoms with E-state index in [4.69, 9.17) is 0 Å². The molecule has 19 heavy (non-hydrogen) atoms. The largest absolute Gasteiger partial charge is 0.390 e. The van der Waals surface area contributed by atoms with E-state index < -0.39 is 0 Å². The fraction of sp³-hybridized carbons (Fsp3) is 0.500. The third-order valence-corrected chi connectivity index (χ3v) is 4.24. The van der Waals surface area contributed by atoms with Crippen LogP contribution in [-0.4, -0.2) is 39.5 Å². The second kappa shape index (κ2) is 4.82. The van der Waals surface area contributed by atoms with Crippen LogP contribution in [0.15, 0.2) is 11.6 Å². The lowest BCUT2D eigenvalue weighted by molar-refractivity contribution is -0.123. The van der Waals surface area contributed by atoms with Gasteiger partial charge in [-0.25, -0.2) is 4.98 Å². The molecule has 1 fully saturated rings. The Hall–Kier alpha value is -1.60. The number of rotatable bonds is 3. The van der Waals surface area contributed by atoms with Gasteiger partial charge >= 0.3 is 0 Å². The Kier molecular flexibility index (Phi) is 3.16. The van der Waals surface area contributed by atoms with Gasteiger partial charge in [0, 0.05) is 24.7 Å². The van der Waals surface area contributed by atoms with Crippen molar-refractivity contribution in [3.8, 4) is 0 Å². The van der Waals surface area contributed by atoms with E-state index in [1.807, 2.05) is 27.8 Å². The number of aliphatic hydroxyl groups is 1. The summed E-state index contributed by atoms with van der Waals surface area (Å²) >= 11 is 1.52. The summed E-state index contributed by atoms with van der Waals surface area (Å²) in [4.78, 5) is 19.3. The first-order valence-electron chi connectivity index (χ1n) is 6.36. The van der Waals surface area contributed by atoms with Gasteiger partial charge in [-0.15, -0.1) is 11.3 Å². The first-order valence-corrected chi connectivity index (χ1v) is 7.23. The molecule has 1 aliphatic heterocycles. The number of hydrogen-bond acceptors (Lipinski definition) is 5. The van der Waals surface area contributed by atoms with Crippen molar-refractivity contribution in [2.45, 2.75) is 26.0 Å². The molecule has 0 aliphatic carbocycles. The lowest BCUT2D eigenvalue weighted by atomic mass is 10.1. The molecule has 0 bridgehead atoms. The molecule has 1 aliphatic rings. The number of nitrogens with one attached hydrogen (secondary N) is 1. The van der Waals surface area contributed by atoms with Crippen LogP contribution >= 0.6 is 11.3 Å². The summed E-state index contributed by atoms with van der Waals surface area (Å²) in [6, 6.07) is -0.205. The minimum atomic E-state index is -0.205. The van der Waals surface area contributed by atoms with E-state index in [0.717, 1.165) is 29.4 Å². The van der Waals surface area contributed by atoms with Crippen molar-refractivity contribution in [3.63, 3.8) is 0 Å². The van der Waals surface area contributed by atoms with Crippen LogP contribution in [0.4, 0.5) is 5.82 Å². The van der Waals surface area contributed by atoms with Crippen LogP contribution in [-0.2, 0) is 11.4 Å². The Bertz CT molecular complexity index is 606. The molecule has 2 N–H and O–H groups in total. The minimum absolute atomic E-state index is 0.0361. The number of hydrogen-bond donors (Lipinski definition) is 2. The summed E-state index contributed by atoms with van der Waals surface area (Å²) in [7, 11) is 0. The fourth-order valence-corrected chi connectivity index (χ4v) is 3.30. The average Bonchev–Trinajstić information content (AvgIpc) is 2.98. The van der Waals surface area contributed by atoms with Crippen LogP contribution in [0.5, 0.6) is 0 Å². The molecular weight excluding hydrogens is 264 g/mol. The number of carbonyl (C=O) groups is 1. The lowest BCUT2D eigenvalue weighted by Crippen LogP contribution is -2.55. The number of imidazole rings is 1. The predicted molar refractivity (Wildman–Crippen MR) is 73.4 cm³/mol. The van der Waals surface area contributed by atoms with Gasteiger partial charge < -0.3 is 15.3 Å². The molecule has 0 saturated carbocycles. The second-order valence-corrected chi connectivity index (χ2v) is 5.38. The standard InChI is InChI=1S/C12H16N4O2S/c1-2-8-11(18)13-3-4-15(8)10-9(7-17)16-5-6-19-12(16)14-10/h5-6,8,17H,2-4,7H2,1H3,(H,13,18). The van der Waals surface area contributed by atoms with Gasteiger partial charge in [0.15, 0.2) is 10.8 Å². The molecule has 1 amide bonds. The molecule has 2 aromatic heterocycles. The minimum Gasteiger partial charge on any atom is -0.390 e. The third-order valence-electron chi connectivity index (χ3n) is 3.48. The zero-order chi connectivity index (χ0) is 13.4. The van der Waals surface area contributed by atoms with Gasteiger partial charge in [-0.3, -0.25) is 9.20 Å². The van der Waals surface area contributed by atoms with Crippen LogP contribution in [0.1, 0.15) is 19.0 Å². The number of thiazole rings is 1. The number of aromatic nitrogens is 2. The first kappa shape index (κ1) is 12.4. The van der Waals surface area contributed by atoms with Gasteiger partial charge in [-0.05, 0) is 6.42 Å². The number of nitrogens with zero attached hydrogens (tertiary/aromatic N) is 3. The molecule has 1 saturated heterocycles. The molecule has 3 heterocycles. The van der Waals surface area contributed by atoms with Crippen molar-refractivity contribution in [1.29, 1.82) is 0 Å². The maximum Gasteiger partial charge on any atom is 0.242 e. The maximum atomic E-state index is 11.9. The quantitative estimate of drug-likeness (QED) is 0.864. The smallest absolute Gasteiger partial charge is 0.242 e. The van der Waals surface area contributed by atoms with E-state index in [1.165, 1.54) is 11.3 Å². The molecule has 0 spiro atoms. The Morgan fingerprint density at radius 2 is 2.47 bits per heavy atom. The lowest BCUT2D eigenvalue weighted by Gasteiger charge is -2.35. The van der Waals surface area contributed by atoms with Crippen molar-refractivity contribution in [3.05, 3.63) is 17.3 Å². The van der Waals surface area contributed by atoms with Crippen LogP contribution < -0.4 is 10.2 Å². The number of piperazine rings is 1. The summed E-state index contributed by atoms with van der Waals surface area (Å²) in [6.45, 7) is 3.24. The monoisotopic (exact) mass is 280 g/mol. The highest BCUT2D eigenvalue weighted by molar-refractivity contribution is 7.15. The Labute approximate surface area is 114 Å². The normalized spacial score (nSPS) is 20.0. The van der Waals surface area contributed by atoms with Crippen molar-refractivity contribution in [1.82, 2.24) is 14.7 Å². The molecular formula is C12H16N4O2S. The number of amides is 1. The van der Waals surface area contributed by atoms with E-state index in [1.54, 1.807) is 0 Å². The highest BCUT2D eigenvalue weighted by atomic mass is 32.1. The van der Waals surface area contributed by atoms with Gasteiger partial charge in [0.25, 0.3) is 0 Å². The van der Waals surface area contributed by atoms with Gasteiger partial charge in [0.05, 0.1) is 12.3 Å². The van der Waals surface area contributed by atoms with E-state index in [2.05, 4.69) is 10.3 Å². The van der Waals surface area contributed by atoms with Gasteiger partial charge in [-0.1, -0.05) is 6.92 Å². The molecule has 2 aromatic rings. The summed E-state index contributed by atoms with van der Waals surface area (Å²) < 4.78 is 1.89. The van der Waals surface area contributed by atoms with E-state index in [0.29, 0.717) is 6.54 Å². The molecule has 1 atom stereocenters.